The van der Waals surface area contributed by atoms with Gasteiger partial charge in [-0.1, -0.05) is 36.4 Å². The Bertz CT molecular complexity index is 1760. The first kappa shape index (κ1) is 29.0. The molecule has 220 valence electrons. The number of fused-ring (bicyclic) bond motifs is 1. The normalized spacial score (nSPS) is 11.0. The number of methoxy groups -OCH3 is 6. The van der Waals surface area contributed by atoms with Crippen molar-refractivity contribution in [1.29, 1.82) is 0 Å². The van der Waals surface area contributed by atoms with Crippen molar-refractivity contribution in [3.8, 4) is 57.0 Å². The van der Waals surface area contributed by atoms with Crippen LogP contribution in [0.5, 0.6) is 34.5 Å². The molecule has 0 aliphatic heterocycles. The van der Waals surface area contributed by atoms with Gasteiger partial charge in [0.25, 0.3) is 0 Å². The fourth-order valence-corrected chi connectivity index (χ4v) is 4.74. The van der Waals surface area contributed by atoms with Gasteiger partial charge in [-0.3, -0.25) is 4.79 Å². The zero-order valence-electron chi connectivity index (χ0n) is 24.7. The van der Waals surface area contributed by atoms with E-state index in [1.54, 1.807) is 62.3 Å². The second-order valence-electron chi connectivity index (χ2n) is 9.26. The summed E-state index contributed by atoms with van der Waals surface area (Å²) >= 11 is 0. The lowest BCUT2D eigenvalue weighted by molar-refractivity contribution is 0.104. The van der Waals surface area contributed by atoms with E-state index in [2.05, 4.69) is 4.98 Å². The molecule has 2 aromatic heterocycles. The highest BCUT2D eigenvalue weighted by Crippen LogP contribution is 2.42. The minimum absolute atomic E-state index is 0.222. The van der Waals surface area contributed by atoms with Crippen LogP contribution in [0, 0.1) is 0 Å². The van der Waals surface area contributed by atoms with Crippen LogP contribution in [0.1, 0.15) is 16.1 Å². The highest BCUT2D eigenvalue weighted by Gasteiger charge is 2.20. The minimum Gasteiger partial charge on any atom is -0.493 e. The Kier molecular flexibility index (Phi) is 8.47. The number of rotatable bonds is 11. The standard InChI is InChI=1S/C33H31N3O7/c1-38-27-14-20(15-28(39-2)32(27)42-5)12-13-26(37)24-18-25(22-16-29(40-3)33(43-6)30(17-22)41-4)36-31(34-24)19-23(35-36)21-10-8-7-9-11-21/h7-19H,1-6H3/b13-12+. The van der Waals surface area contributed by atoms with Crippen LogP contribution in [-0.4, -0.2) is 63.0 Å². The molecule has 0 spiro atoms. The monoisotopic (exact) mass is 581 g/mol. The van der Waals surface area contributed by atoms with E-state index >= 15 is 0 Å². The third kappa shape index (κ3) is 5.67. The van der Waals surface area contributed by atoms with Crippen LogP contribution in [0.15, 0.2) is 72.8 Å². The molecule has 3 aromatic carbocycles. The summed E-state index contributed by atoms with van der Waals surface area (Å²) < 4.78 is 34.7. The van der Waals surface area contributed by atoms with E-state index in [9.17, 15) is 4.79 Å². The maximum atomic E-state index is 13.6. The number of ketones is 1. The van der Waals surface area contributed by atoms with Gasteiger partial charge in [-0.25, -0.2) is 9.50 Å². The Labute approximate surface area is 249 Å². The number of carbonyl (C=O) groups excluding carboxylic acids is 1. The molecule has 5 aromatic rings. The van der Waals surface area contributed by atoms with Gasteiger partial charge in [-0.15, -0.1) is 0 Å². The SMILES string of the molecule is COc1cc(/C=C/C(=O)c2cc(-c3cc(OC)c(OC)c(OC)c3)n3nc(-c4ccccc4)cc3n2)cc(OC)c1OC. The zero-order chi connectivity index (χ0) is 30.5. The van der Waals surface area contributed by atoms with Gasteiger partial charge in [-0.2, -0.15) is 5.10 Å². The van der Waals surface area contributed by atoms with Crippen LogP contribution >= 0.6 is 0 Å². The molecule has 2 heterocycles. The number of allylic oxidation sites excluding steroid dienone is 1. The smallest absolute Gasteiger partial charge is 0.204 e. The summed E-state index contributed by atoms with van der Waals surface area (Å²) in [5.41, 5.74) is 4.32. The van der Waals surface area contributed by atoms with Crippen molar-refractivity contribution in [3.63, 3.8) is 0 Å². The van der Waals surface area contributed by atoms with E-state index in [-0.39, 0.29) is 11.5 Å². The van der Waals surface area contributed by atoms with Gasteiger partial charge in [0.05, 0.1) is 54.0 Å². The van der Waals surface area contributed by atoms with Gasteiger partial charge < -0.3 is 28.4 Å². The van der Waals surface area contributed by atoms with Crippen molar-refractivity contribution < 1.29 is 33.2 Å². The van der Waals surface area contributed by atoms with Crippen molar-refractivity contribution in [2.45, 2.75) is 0 Å². The van der Waals surface area contributed by atoms with Gasteiger partial charge in [0.15, 0.2) is 28.6 Å². The maximum absolute atomic E-state index is 13.6. The molecule has 43 heavy (non-hydrogen) atoms. The molecule has 0 bridgehead atoms. The van der Waals surface area contributed by atoms with Gasteiger partial charge in [0, 0.05) is 17.2 Å². The first-order valence-corrected chi connectivity index (χ1v) is 13.2. The fourth-order valence-electron chi connectivity index (χ4n) is 4.74. The number of hydrogen-bond donors (Lipinski definition) is 0. The molecule has 0 aliphatic carbocycles. The highest BCUT2D eigenvalue weighted by atomic mass is 16.5. The van der Waals surface area contributed by atoms with Crippen LogP contribution in [0.2, 0.25) is 0 Å². The summed E-state index contributed by atoms with van der Waals surface area (Å²) in [5, 5.41) is 4.83. The zero-order valence-corrected chi connectivity index (χ0v) is 24.7. The van der Waals surface area contributed by atoms with Gasteiger partial charge >= 0.3 is 0 Å². The van der Waals surface area contributed by atoms with E-state index in [0.717, 1.165) is 5.56 Å². The van der Waals surface area contributed by atoms with Crippen molar-refractivity contribution in [1.82, 2.24) is 14.6 Å². The van der Waals surface area contributed by atoms with Gasteiger partial charge in [-0.05, 0) is 42.0 Å². The molecule has 10 nitrogen and oxygen atoms in total. The summed E-state index contributed by atoms with van der Waals surface area (Å²) in [7, 11) is 9.25. The maximum Gasteiger partial charge on any atom is 0.204 e. The second-order valence-corrected chi connectivity index (χ2v) is 9.26. The third-order valence-electron chi connectivity index (χ3n) is 6.82. The minimum atomic E-state index is -0.313. The summed E-state index contributed by atoms with van der Waals surface area (Å²) in [6.07, 6.45) is 3.12. The Balaban J connectivity index is 1.64. The molecule has 5 rings (SSSR count). The molecule has 0 N–H and O–H groups in total. The number of benzene rings is 3. The quantitative estimate of drug-likeness (QED) is 0.137. The largest absolute Gasteiger partial charge is 0.493 e. The Morgan fingerprint density at radius 1 is 0.674 bits per heavy atom. The van der Waals surface area contributed by atoms with Crippen LogP contribution in [0.4, 0.5) is 0 Å². The molecule has 0 saturated heterocycles. The summed E-state index contributed by atoms with van der Waals surface area (Å²) in [6.45, 7) is 0. The van der Waals surface area contributed by atoms with E-state index in [0.29, 0.717) is 62.7 Å². The van der Waals surface area contributed by atoms with Crippen molar-refractivity contribution >= 4 is 17.5 Å². The number of hydrogen-bond acceptors (Lipinski definition) is 9. The fraction of sp³-hybridized carbons (Fsp3) is 0.182. The lowest BCUT2D eigenvalue weighted by atomic mass is 10.1. The van der Waals surface area contributed by atoms with E-state index in [4.69, 9.17) is 33.5 Å². The molecule has 0 aliphatic rings. The van der Waals surface area contributed by atoms with Crippen LogP contribution in [0.25, 0.3) is 34.2 Å². The average molecular weight is 582 g/mol. The third-order valence-corrected chi connectivity index (χ3v) is 6.82. The van der Waals surface area contributed by atoms with Crippen LogP contribution in [-0.2, 0) is 0 Å². The molecule has 0 fully saturated rings. The first-order valence-electron chi connectivity index (χ1n) is 13.2. The summed E-state index contributed by atoms with van der Waals surface area (Å²) in [6, 6.07) is 20.4. The number of aromatic nitrogens is 3. The van der Waals surface area contributed by atoms with Crippen LogP contribution in [0.3, 0.4) is 0 Å². The van der Waals surface area contributed by atoms with Gasteiger partial charge in [0.1, 0.15) is 5.69 Å². The molecule has 0 atom stereocenters. The molecular formula is C33H31N3O7. The molecule has 0 amide bonds. The second kappa shape index (κ2) is 12.6. The van der Waals surface area contributed by atoms with E-state index in [1.807, 2.05) is 36.4 Å². The Morgan fingerprint density at radius 2 is 1.23 bits per heavy atom. The van der Waals surface area contributed by atoms with Crippen molar-refractivity contribution in [2.24, 2.45) is 0 Å². The van der Waals surface area contributed by atoms with Gasteiger partial charge in [0.2, 0.25) is 17.3 Å². The molecule has 0 saturated carbocycles. The van der Waals surface area contributed by atoms with E-state index in [1.165, 1.54) is 27.4 Å². The van der Waals surface area contributed by atoms with Crippen LogP contribution < -0.4 is 28.4 Å². The highest BCUT2D eigenvalue weighted by molar-refractivity contribution is 6.06. The molecule has 10 heteroatoms. The molecule has 0 unspecified atom stereocenters. The molecular weight excluding hydrogens is 550 g/mol. The van der Waals surface area contributed by atoms with Crippen molar-refractivity contribution in [3.05, 3.63) is 84.1 Å². The predicted molar refractivity (Wildman–Crippen MR) is 163 cm³/mol. The predicted octanol–water partition coefficient (Wildman–Crippen LogP) is 6.01. The number of ether oxygens (including phenoxy) is 6. The Hall–Kier alpha value is -5.51. The lowest BCUT2D eigenvalue weighted by Gasteiger charge is -2.15. The topological polar surface area (TPSA) is 103 Å². The lowest BCUT2D eigenvalue weighted by Crippen LogP contribution is -2.05. The summed E-state index contributed by atoms with van der Waals surface area (Å²) in [5.74, 6) is 2.49. The van der Waals surface area contributed by atoms with Crippen molar-refractivity contribution in [2.75, 3.05) is 42.7 Å². The molecule has 0 radical (unpaired) electrons. The van der Waals surface area contributed by atoms with E-state index < -0.39 is 0 Å². The average Bonchev–Trinajstić information content (AvgIpc) is 3.50. The summed E-state index contributed by atoms with van der Waals surface area (Å²) in [4.78, 5) is 18.2. The number of nitrogens with zero attached hydrogens (tertiary/aromatic N) is 3. The Morgan fingerprint density at radius 3 is 1.77 bits per heavy atom. The first-order chi connectivity index (χ1) is 20.9. The number of carbonyl (C=O) groups is 1.